The lowest BCUT2D eigenvalue weighted by Crippen LogP contribution is -2.23. The number of carbonyl (C=O) groups is 2. The number of benzene rings is 2. The fourth-order valence-corrected chi connectivity index (χ4v) is 2.48. The number of aromatic nitrogens is 2. The second-order valence-corrected chi connectivity index (χ2v) is 5.23. The zero-order chi connectivity index (χ0) is 16.1. The lowest BCUT2D eigenvalue weighted by Gasteiger charge is -2.16. The third-order valence-electron chi connectivity index (χ3n) is 3.68. The molecule has 0 aliphatic carbocycles. The normalized spacial score (nSPS) is 11.8. The van der Waals surface area contributed by atoms with Crippen molar-refractivity contribution in [2.45, 2.75) is 12.5 Å². The van der Waals surface area contributed by atoms with Gasteiger partial charge in [-0.25, -0.2) is 0 Å². The van der Waals surface area contributed by atoms with Crippen molar-refractivity contribution < 1.29 is 9.59 Å². The maximum Gasteiger partial charge on any atom is 0.187 e. The van der Waals surface area contributed by atoms with E-state index in [1.807, 2.05) is 36.4 Å². The van der Waals surface area contributed by atoms with Gasteiger partial charge in [0, 0.05) is 29.9 Å². The first kappa shape index (κ1) is 14.9. The zero-order valence-electron chi connectivity index (χ0n) is 12.5. The minimum Gasteiger partial charge on any atom is -0.294 e. The number of rotatable bonds is 6. The van der Waals surface area contributed by atoms with Crippen molar-refractivity contribution >= 4 is 11.6 Å². The largest absolute Gasteiger partial charge is 0.294 e. The van der Waals surface area contributed by atoms with Crippen LogP contribution in [0.3, 0.4) is 0 Å². The Morgan fingerprint density at radius 3 is 2.04 bits per heavy atom. The molecule has 1 heterocycles. The second-order valence-electron chi connectivity index (χ2n) is 5.23. The third kappa shape index (κ3) is 3.43. The van der Waals surface area contributed by atoms with Crippen molar-refractivity contribution in [1.29, 1.82) is 0 Å². The Morgan fingerprint density at radius 2 is 1.48 bits per heavy atom. The summed E-state index contributed by atoms with van der Waals surface area (Å²) >= 11 is 0. The monoisotopic (exact) mass is 304 g/mol. The molecule has 114 valence electrons. The molecule has 0 saturated carbocycles. The van der Waals surface area contributed by atoms with Gasteiger partial charge in [0.1, 0.15) is 6.04 Å². The van der Waals surface area contributed by atoms with Crippen molar-refractivity contribution in [3.8, 4) is 0 Å². The molecule has 1 aromatic heterocycles. The number of Topliss-reactive ketones (excluding diaryl/α,β-unsaturated/α-hetero) is 2. The highest BCUT2D eigenvalue weighted by atomic mass is 16.1. The molecule has 0 amide bonds. The van der Waals surface area contributed by atoms with Gasteiger partial charge >= 0.3 is 0 Å². The van der Waals surface area contributed by atoms with Gasteiger partial charge in [-0.3, -0.25) is 14.3 Å². The van der Waals surface area contributed by atoms with Crippen LogP contribution in [0.2, 0.25) is 0 Å². The molecule has 3 rings (SSSR count). The number of hydrogen-bond acceptors (Lipinski definition) is 3. The molecule has 1 unspecified atom stereocenters. The number of nitrogens with zero attached hydrogens (tertiary/aromatic N) is 2. The number of hydrogen-bond donors (Lipinski definition) is 0. The van der Waals surface area contributed by atoms with E-state index in [2.05, 4.69) is 5.10 Å². The molecule has 0 radical (unpaired) electrons. The molecule has 0 bridgehead atoms. The van der Waals surface area contributed by atoms with Crippen LogP contribution >= 0.6 is 0 Å². The molecular weight excluding hydrogens is 288 g/mol. The minimum atomic E-state index is -0.639. The second kappa shape index (κ2) is 6.83. The van der Waals surface area contributed by atoms with Crippen LogP contribution < -0.4 is 0 Å². The number of ketones is 2. The van der Waals surface area contributed by atoms with Gasteiger partial charge in [-0.05, 0) is 6.07 Å². The van der Waals surface area contributed by atoms with Crippen LogP contribution in [0.15, 0.2) is 79.1 Å². The molecule has 0 spiro atoms. The SMILES string of the molecule is O=C(CC(C(=O)c1ccccc1)n1cccn1)c1ccccc1. The molecule has 0 N–H and O–H groups in total. The highest BCUT2D eigenvalue weighted by molar-refractivity contribution is 6.04. The van der Waals surface area contributed by atoms with Crippen LogP contribution in [-0.2, 0) is 0 Å². The summed E-state index contributed by atoms with van der Waals surface area (Å²) in [5.41, 5.74) is 1.18. The Balaban J connectivity index is 1.88. The summed E-state index contributed by atoms with van der Waals surface area (Å²) in [6.45, 7) is 0. The molecule has 2 aromatic carbocycles. The molecule has 23 heavy (non-hydrogen) atoms. The van der Waals surface area contributed by atoms with Gasteiger partial charge in [-0.1, -0.05) is 60.7 Å². The van der Waals surface area contributed by atoms with Crippen LogP contribution in [0.4, 0.5) is 0 Å². The molecule has 0 fully saturated rings. The van der Waals surface area contributed by atoms with E-state index in [4.69, 9.17) is 0 Å². The molecule has 0 saturated heterocycles. The predicted octanol–water partition coefficient (Wildman–Crippen LogP) is 3.58. The van der Waals surface area contributed by atoms with Crippen LogP contribution in [0.1, 0.15) is 33.2 Å². The summed E-state index contributed by atoms with van der Waals surface area (Å²) < 4.78 is 1.55. The van der Waals surface area contributed by atoms with E-state index < -0.39 is 6.04 Å². The first-order chi connectivity index (χ1) is 11.3. The van der Waals surface area contributed by atoms with Crippen LogP contribution in [0.25, 0.3) is 0 Å². The maximum absolute atomic E-state index is 12.8. The van der Waals surface area contributed by atoms with Crippen molar-refractivity contribution in [1.82, 2.24) is 9.78 Å². The highest BCUT2D eigenvalue weighted by Crippen LogP contribution is 2.20. The average Bonchev–Trinajstić information content (AvgIpc) is 3.15. The zero-order valence-corrected chi connectivity index (χ0v) is 12.5. The molecule has 4 nitrogen and oxygen atoms in total. The lowest BCUT2D eigenvalue weighted by atomic mass is 9.97. The van der Waals surface area contributed by atoms with Gasteiger partial charge in [0.05, 0.1) is 0 Å². The Kier molecular flexibility index (Phi) is 4.43. The van der Waals surface area contributed by atoms with Gasteiger partial charge in [0.25, 0.3) is 0 Å². The summed E-state index contributed by atoms with van der Waals surface area (Å²) in [7, 11) is 0. The molecule has 3 aromatic rings. The van der Waals surface area contributed by atoms with Crippen molar-refractivity contribution in [3.05, 3.63) is 90.3 Å². The van der Waals surface area contributed by atoms with E-state index >= 15 is 0 Å². The van der Waals surface area contributed by atoms with E-state index in [1.54, 1.807) is 47.4 Å². The third-order valence-corrected chi connectivity index (χ3v) is 3.68. The Labute approximate surface area is 134 Å². The molecule has 4 heteroatoms. The number of carbonyl (C=O) groups excluding carboxylic acids is 2. The van der Waals surface area contributed by atoms with E-state index in [0.717, 1.165) is 0 Å². The summed E-state index contributed by atoms with van der Waals surface area (Å²) in [6, 6.07) is 19.1. The molecule has 0 aliphatic heterocycles. The van der Waals surface area contributed by atoms with Gasteiger partial charge in [0.2, 0.25) is 0 Å². The first-order valence-electron chi connectivity index (χ1n) is 7.42. The summed E-state index contributed by atoms with van der Waals surface area (Å²) in [4.78, 5) is 25.3. The quantitative estimate of drug-likeness (QED) is 0.654. The average molecular weight is 304 g/mol. The summed E-state index contributed by atoms with van der Waals surface area (Å²) in [6.07, 6.45) is 3.40. The van der Waals surface area contributed by atoms with Crippen molar-refractivity contribution in [2.75, 3.05) is 0 Å². The fraction of sp³-hybridized carbons (Fsp3) is 0.105. The Bertz CT molecular complexity index is 781. The summed E-state index contributed by atoms with van der Waals surface area (Å²) in [5, 5.41) is 4.15. The van der Waals surface area contributed by atoms with Gasteiger partial charge < -0.3 is 0 Å². The minimum absolute atomic E-state index is 0.0737. The van der Waals surface area contributed by atoms with E-state index in [9.17, 15) is 9.59 Å². The Hall–Kier alpha value is -3.01. The maximum atomic E-state index is 12.8. The van der Waals surface area contributed by atoms with E-state index in [1.165, 1.54) is 0 Å². The predicted molar refractivity (Wildman–Crippen MR) is 87.4 cm³/mol. The van der Waals surface area contributed by atoms with E-state index in [-0.39, 0.29) is 18.0 Å². The van der Waals surface area contributed by atoms with Gasteiger partial charge in [-0.15, -0.1) is 0 Å². The summed E-state index contributed by atoms with van der Waals surface area (Å²) in [5.74, 6) is -0.186. The van der Waals surface area contributed by atoms with Crippen LogP contribution in [-0.4, -0.2) is 21.3 Å². The van der Waals surface area contributed by atoms with Crippen LogP contribution in [0, 0.1) is 0 Å². The fourth-order valence-electron chi connectivity index (χ4n) is 2.48. The first-order valence-corrected chi connectivity index (χ1v) is 7.42. The van der Waals surface area contributed by atoms with Crippen molar-refractivity contribution in [3.63, 3.8) is 0 Å². The molecule has 1 atom stereocenters. The highest BCUT2D eigenvalue weighted by Gasteiger charge is 2.25. The standard InChI is InChI=1S/C19H16N2O2/c22-18(15-8-3-1-4-9-15)14-17(21-13-7-12-20-21)19(23)16-10-5-2-6-11-16/h1-13,17H,14H2. The lowest BCUT2D eigenvalue weighted by molar-refractivity contribution is 0.0850. The van der Waals surface area contributed by atoms with Crippen LogP contribution in [0.5, 0.6) is 0 Å². The topological polar surface area (TPSA) is 52.0 Å². The molecule has 0 aliphatic rings. The van der Waals surface area contributed by atoms with E-state index in [0.29, 0.717) is 11.1 Å². The van der Waals surface area contributed by atoms with Gasteiger partial charge in [0.15, 0.2) is 11.6 Å². The molecular formula is C19H16N2O2. The Morgan fingerprint density at radius 1 is 0.870 bits per heavy atom. The van der Waals surface area contributed by atoms with Gasteiger partial charge in [-0.2, -0.15) is 5.10 Å². The smallest absolute Gasteiger partial charge is 0.187 e. The van der Waals surface area contributed by atoms with Crippen molar-refractivity contribution in [2.24, 2.45) is 0 Å².